The van der Waals surface area contributed by atoms with Crippen LogP contribution in [0.25, 0.3) is 10.9 Å². The highest BCUT2D eigenvalue weighted by molar-refractivity contribution is 5.89. The number of hydrogen-bond donors (Lipinski definition) is 1. The van der Waals surface area contributed by atoms with Crippen molar-refractivity contribution < 1.29 is 14.6 Å². The van der Waals surface area contributed by atoms with Gasteiger partial charge in [0.25, 0.3) is 0 Å². The maximum atomic E-state index is 10.6. The second-order valence-electron chi connectivity index (χ2n) is 4.42. The van der Waals surface area contributed by atoms with Crippen LogP contribution in [0.15, 0.2) is 18.2 Å². The van der Waals surface area contributed by atoms with Gasteiger partial charge in [-0.05, 0) is 38.0 Å². The van der Waals surface area contributed by atoms with Crippen LogP contribution in [0.5, 0.6) is 5.75 Å². The van der Waals surface area contributed by atoms with Crippen molar-refractivity contribution in [3.63, 3.8) is 0 Å². The third-order valence-electron chi connectivity index (χ3n) is 2.69. The Hall–Kier alpha value is -2.10. The summed E-state index contributed by atoms with van der Waals surface area (Å²) < 4.78 is 5.34. The molecule has 0 atom stereocenters. The van der Waals surface area contributed by atoms with Gasteiger partial charge in [0.1, 0.15) is 5.75 Å². The monoisotopic (exact) mass is 245 g/mol. The van der Waals surface area contributed by atoms with Gasteiger partial charge in [0.15, 0.2) is 6.61 Å². The largest absolute Gasteiger partial charge is 0.481 e. The fourth-order valence-corrected chi connectivity index (χ4v) is 2.09. The van der Waals surface area contributed by atoms with E-state index in [4.69, 9.17) is 9.84 Å². The molecule has 1 heterocycles. The number of fused-ring (bicyclic) bond motifs is 1. The summed E-state index contributed by atoms with van der Waals surface area (Å²) in [5.41, 5.74) is 3.82. The summed E-state index contributed by atoms with van der Waals surface area (Å²) >= 11 is 0. The molecular weight excluding hydrogens is 230 g/mol. The van der Waals surface area contributed by atoms with E-state index in [-0.39, 0.29) is 6.61 Å². The minimum absolute atomic E-state index is 0.341. The van der Waals surface area contributed by atoms with Crippen molar-refractivity contribution in [2.75, 3.05) is 6.61 Å². The van der Waals surface area contributed by atoms with E-state index >= 15 is 0 Å². The normalized spacial score (nSPS) is 10.6. The van der Waals surface area contributed by atoms with E-state index in [1.54, 1.807) is 6.07 Å². The molecule has 4 heteroatoms. The van der Waals surface area contributed by atoms with E-state index < -0.39 is 5.97 Å². The molecule has 0 fully saturated rings. The smallest absolute Gasteiger partial charge is 0.341 e. The van der Waals surface area contributed by atoms with Gasteiger partial charge in [-0.25, -0.2) is 4.79 Å². The highest BCUT2D eigenvalue weighted by Gasteiger charge is 2.10. The predicted molar refractivity (Wildman–Crippen MR) is 69.1 cm³/mol. The highest BCUT2D eigenvalue weighted by atomic mass is 16.5. The van der Waals surface area contributed by atoms with Gasteiger partial charge in [0.05, 0.1) is 5.52 Å². The number of benzene rings is 1. The molecule has 0 bridgehead atoms. The summed E-state index contributed by atoms with van der Waals surface area (Å²) in [5.74, 6) is -0.403. The van der Waals surface area contributed by atoms with Crippen LogP contribution in [-0.4, -0.2) is 22.7 Å². The standard InChI is InChI=1S/C14H15NO3/c1-8-4-9(2)14-11(5-8)15-10(3)6-12(14)18-7-13(16)17/h4-6H,7H2,1-3H3,(H,16,17). The van der Waals surface area contributed by atoms with Crippen molar-refractivity contribution in [3.8, 4) is 5.75 Å². The Morgan fingerprint density at radius 2 is 2.00 bits per heavy atom. The lowest BCUT2D eigenvalue weighted by atomic mass is 10.0. The quantitative estimate of drug-likeness (QED) is 0.903. The summed E-state index contributed by atoms with van der Waals surface area (Å²) in [6.07, 6.45) is 0. The van der Waals surface area contributed by atoms with Gasteiger partial charge in [-0.15, -0.1) is 0 Å². The molecule has 0 aliphatic rings. The van der Waals surface area contributed by atoms with E-state index in [0.717, 1.165) is 27.7 Å². The van der Waals surface area contributed by atoms with Gasteiger partial charge in [-0.1, -0.05) is 6.07 Å². The Kier molecular flexibility index (Phi) is 3.19. The molecule has 0 aliphatic heterocycles. The van der Waals surface area contributed by atoms with Crippen molar-refractivity contribution >= 4 is 16.9 Å². The SMILES string of the molecule is Cc1cc(C)c2c(OCC(=O)O)cc(C)nc2c1. The molecular formula is C14H15NO3. The number of rotatable bonds is 3. The zero-order chi connectivity index (χ0) is 13.3. The second kappa shape index (κ2) is 4.64. The van der Waals surface area contributed by atoms with Crippen molar-refractivity contribution in [1.82, 2.24) is 4.98 Å². The number of carbonyl (C=O) groups is 1. The molecule has 2 rings (SSSR count). The molecule has 2 aromatic rings. The molecule has 0 unspecified atom stereocenters. The molecule has 0 aliphatic carbocycles. The summed E-state index contributed by atoms with van der Waals surface area (Å²) in [5, 5.41) is 9.57. The van der Waals surface area contributed by atoms with Crippen LogP contribution in [0.3, 0.4) is 0 Å². The van der Waals surface area contributed by atoms with Gasteiger partial charge >= 0.3 is 5.97 Å². The van der Waals surface area contributed by atoms with E-state index in [9.17, 15) is 4.79 Å². The Balaban J connectivity index is 2.60. The minimum Gasteiger partial charge on any atom is -0.481 e. The Labute approximate surface area is 105 Å². The Bertz CT molecular complexity index is 615. The third kappa shape index (κ3) is 2.42. The summed E-state index contributed by atoms with van der Waals surface area (Å²) in [6, 6.07) is 5.78. The first kappa shape index (κ1) is 12.4. The molecule has 0 saturated heterocycles. The van der Waals surface area contributed by atoms with Crippen LogP contribution in [0.2, 0.25) is 0 Å². The lowest BCUT2D eigenvalue weighted by Crippen LogP contribution is -2.10. The fraction of sp³-hybridized carbons (Fsp3) is 0.286. The Morgan fingerprint density at radius 1 is 1.28 bits per heavy atom. The third-order valence-corrected chi connectivity index (χ3v) is 2.69. The van der Waals surface area contributed by atoms with Crippen molar-refractivity contribution in [2.45, 2.75) is 20.8 Å². The molecule has 1 aromatic heterocycles. The Morgan fingerprint density at radius 3 is 2.67 bits per heavy atom. The second-order valence-corrected chi connectivity index (χ2v) is 4.42. The number of aromatic nitrogens is 1. The number of hydrogen-bond acceptors (Lipinski definition) is 3. The average molecular weight is 245 g/mol. The molecule has 0 radical (unpaired) electrons. The van der Waals surface area contributed by atoms with Crippen LogP contribution < -0.4 is 4.74 Å². The van der Waals surface area contributed by atoms with Crippen molar-refractivity contribution in [1.29, 1.82) is 0 Å². The number of aryl methyl sites for hydroxylation is 3. The van der Waals surface area contributed by atoms with Gasteiger partial charge in [-0.3, -0.25) is 4.98 Å². The number of aliphatic carboxylic acids is 1. The molecule has 18 heavy (non-hydrogen) atoms. The predicted octanol–water partition coefficient (Wildman–Crippen LogP) is 2.62. The topological polar surface area (TPSA) is 59.4 Å². The number of carboxylic acids is 1. The first-order chi connectivity index (χ1) is 8.47. The summed E-state index contributed by atoms with van der Waals surface area (Å²) in [6.45, 7) is 5.50. The first-order valence-corrected chi connectivity index (χ1v) is 5.70. The molecule has 1 N–H and O–H groups in total. The van der Waals surface area contributed by atoms with Crippen molar-refractivity contribution in [2.24, 2.45) is 0 Å². The van der Waals surface area contributed by atoms with Crippen LogP contribution in [0.1, 0.15) is 16.8 Å². The average Bonchev–Trinajstić information content (AvgIpc) is 2.24. The number of pyridine rings is 1. The zero-order valence-electron chi connectivity index (χ0n) is 10.7. The van der Waals surface area contributed by atoms with Crippen LogP contribution in [0, 0.1) is 20.8 Å². The van der Waals surface area contributed by atoms with Crippen LogP contribution in [0.4, 0.5) is 0 Å². The lowest BCUT2D eigenvalue weighted by molar-refractivity contribution is -0.139. The highest BCUT2D eigenvalue weighted by Crippen LogP contribution is 2.29. The fourth-order valence-electron chi connectivity index (χ4n) is 2.09. The molecule has 0 amide bonds. The zero-order valence-corrected chi connectivity index (χ0v) is 10.7. The number of carboxylic acid groups (broad SMARTS) is 1. The van der Waals surface area contributed by atoms with Crippen LogP contribution in [-0.2, 0) is 4.79 Å². The van der Waals surface area contributed by atoms with E-state index in [0.29, 0.717) is 5.75 Å². The minimum atomic E-state index is -0.984. The van der Waals surface area contributed by atoms with E-state index in [1.165, 1.54) is 0 Å². The van der Waals surface area contributed by atoms with E-state index in [1.807, 2.05) is 32.9 Å². The molecule has 1 aromatic carbocycles. The number of ether oxygens (including phenoxy) is 1. The lowest BCUT2D eigenvalue weighted by Gasteiger charge is -2.11. The van der Waals surface area contributed by atoms with E-state index in [2.05, 4.69) is 4.98 Å². The van der Waals surface area contributed by atoms with Gasteiger partial charge in [0.2, 0.25) is 0 Å². The maximum Gasteiger partial charge on any atom is 0.341 e. The summed E-state index contributed by atoms with van der Waals surface area (Å²) in [4.78, 5) is 15.0. The van der Waals surface area contributed by atoms with Gasteiger partial charge < -0.3 is 9.84 Å². The van der Waals surface area contributed by atoms with Crippen molar-refractivity contribution in [3.05, 3.63) is 35.0 Å². The summed E-state index contributed by atoms with van der Waals surface area (Å²) in [7, 11) is 0. The maximum absolute atomic E-state index is 10.6. The number of nitrogens with zero attached hydrogens (tertiary/aromatic N) is 1. The molecule has 4 nitrogen and oxygen atoms in total. The molecule has 0 saturated carbocycles. The van der Waals surface area contributed by atoms with Gasteiger partial charge in [0, 0.05) is 17.1 Å². The van der Waals surface area contributed by atoms with Gasteiger partial charge in [-0.2, -0.15) is 0 Å². The molecule has 94 valence electrons. The first-order valence-electron chi connectivity index (χ1n) is 5.70. The van der Waals surface area contributed by atoms with Crippen LogP contribution >= 0.6 is 0 Å². The molecule has 0 spiro atoms.